The maximum Gasteiger partial charge on any atom is 0.270 e. The fraction of sp³-hybridized carbons (Fsp3) is 0.353. The van der Waals surface area contributed by atoms with Gasteiger partial charge >= 0.3 is 0 Å². The predicted molar refractivity (Wildman–Crippen MR) is 91.5 cm³/mol. The van der Waals surface area contributed by atoms with Gasteiger partial charge in [-0.05, 0) is 33.8 Å². The summed E-state index contributed by atoms with van der Waals surface area (Å²) in [6, 6.07) is 5.92. The molecule has 0 atom stereocenters. The van der Waals surface area contributed by atoms with E-state index in [9.17, 15) is 14.9 Å². The summed E-state index contributed by atoms with van der Waals surface area (Å²) in [6.45, 7) is 7.53. The average molecular weight is 344 g/mol. The van der Waals surface area contributed by atoms with Crippen molar-refractivity contribution in [1.29, 1.82) is 0 Å². The zero-order valence-electron chi connectivity index (χ0n) is 14.6. The van der Waals surface area contributed by atoms with E-state index in [4.69, 9.17) is 4.42 Å². The first kappa shape index (κ1) is 18.3. The van der Waals surface area contributed by atoms with E-state index in [-0.39, 0.29) is 36.0 Å². The van der Waals surface area contributed by atoms with Crippen molar-refractivity contribution in [1.82, 2.24) is 15.1 Å². The number of nitrogens with zero attached hydrogens (tertiary/aromatic N) is 4. The summed E-state index contributed by atoms with van der Waals surface area (Å²) in [6.07, 6.45) is 1.75. The van der Waals surface area contributed by atoms with Crippen LogP contribution in [-0.2, 0) is 11.3 Å². The van der Waals surface area contributed by atoms with E-state index in [1.165, 1.54) is 12.1 Å². The van der Waals surface area contributed by atoms with Crippen LogP contribution in [0.15, 0.2) is 40.3 Å². The van der Waals surface area contributed by atoms with E-state index in [0.29, 0.717) is 11.1 Å². The Bertz CT molecular complexity index is 810. The van der Waals surface area contributed by atoms with Crippen LogP contribution in [0.2, 0.25) is 0 Å². The van der Waals surface area contributed by atoms with E-state index in [1.54, 1.807) is 37.0 Å². The molecule has 0 saturated heterocycles. The quantitative estimate of drug-likeness (QED) is 0.452. The van der Waals surface area contributed by atoms with E-state index >= 15 is 0 Å². The first-order valence-electron chi connectivity index (χ1n) is 7.84. The Balaban J connectivity index is 2.24. The van der Waals surface area contributed by atoms with Gasteiger partial charge in [0.05, 0.1) is 11.5 Å². The van der Waals surface area contributed by atoms with E-state index < -0.39 is 4.92 Å². The van der Waals surface area contributed by atoms with Gasteiger partial charge in [0.25, 0.3) is 5.69 Å². The molecule has 1 aromatic heterocycles. The molecule has 0 radical (unpaired) electrons. The van der Waals surface area contributed by atoms with E-state index in [1.807, 2.05) is 13.8 Å². The van der Waals surface area contributed by atoms with E-state index in [0.717, 1.165) is 0 Å². The number of benzene rings is 1. The van der Waals surface area contributed by atoms with Crippen LogP contribution in [0.1, 0.15) is 33.6 Å². The summed E-state index contributed by atoms with van der Waals surface area (Å²) in [4.78, 5) is 24.4. The maximum atomic E-state index is 12.4. The minimum Gasteiger partial charge on any atom is -0.419 e. The van der Waals surface area contributed by atoms with E-state index in [2.05, 4.69) is 10.2 Å². The Kier molecular flexibility index (Phi) is 5.63. The Morgan fingerprint density at radius 3 is 2.72 bits per heavy atom. The topological polar surface area (TPSA) is 102 Å². The van der Waals surface area contributed by atoms with Gasteiger partial charge in [0.1, 0.15) is 0 Å². The monoisotopic (exact) mass is 344 g/mol. The first-order chi connectivity index (χ1) is 11.8. The van der Waals surface area contributed by atoms with Gasteiger partial charge in [-0.3, -0.25) is 14.9 Å². The summed E-state index contributed by atoms with van der Waals surface area (Å²) in [5.74, 6) is 0.345. The fourth-order valence-corrected chi connectivity index (χ4v) is 2.17. The molecule has 0 fully saturated rings. The molecule has 0 aliphatic rings. The number of hydrogen-bond donors (Lipinski definition) is 0. The van der Waals surface area contributed by atoms with Crippen molar-refractivity contribution in [2.45, 2.75) is 40.3 Å². The molecule has 0 saturated carbocycles. The Morgan fingerprint density at radius 1 is 1.40 bits per heavy atom. The predicted octanol–water partition coefficient (Wildman–Crippen LogP) is 3.35. The molecule has 132 valence electrons. The number of non-ortho nitro benzene ring substituents is 1. The molecule has 1 aromatic carbocycles. The van der Waals surface area contributed by atoms with Crippen molar-refractivity contribution >= 4 is 11.6 Å². The van der Waals surface area contributed by atoms with Crippen LogP contribution in [-0.4, -0.2) is 32.0 Å². The van der Waals surface area contributed by atoms with Crippen LogP contribution in [0.5, 0.6) is 0 Å². The van der Waals surface area contributed by atoms with Crippen LogP contribution < -0.4 is 0 Å². The van der Waals surface area contributed by atoms with Gasteiger partial charge in [0, 0.05) is 29.3 Å². The molecular formula is C17H20N4O4. The standard InChI is InChI=1S/C17H20N4O4/c1-5-12(4)17(22)20(11(2)3)10-15-18-19-16(25-15)13-7-6-8-14(9-13)21(23)24/h5-9,11H,10H2,1-4H3/b12-5+. The lowest BCUT2D eigenvalue weighted by Gasteiger charge is -2.25. The van der Waals surface area contributed by atoms with Crippen molar-refractivity contribution < 1.29 is 14.1 Å². The number of allylic oxidation sites excluding steroid dienone is 1. The number of aromatic nitrogens is 2. The van der Waals surface area contributed by atoms with Crippen LogP contribution >= 0.6 is 0 Å². The molecule has 0 spiro atoms. The highest BCUT2D eigenvalue weighted by molar-refractivity contribution is 5.92. The number of nitro benzene ring substituents is 1. The van der Waals surface area contributed by atoms with Gasteiger partial charge in [-0.15, -0.1) is 10.2 Å². The molecule has 0 aliphatic heterocycles. The minimum absolute atomic E-state index is 0.0458. The Hall–Kier alpha value is -3.03. The van der Waals surface area contributed by atoms with Crippen LogP contribution in [0.3, 0.4) is 0 Å². The molecule has 0 unspecified atom stereocenters. The average Bonchev–Trinajstić information content (AvgIpc) is 3.07. The molecular weight excluding hydrogens is 324 g/mol. The Labute approximate surface area is 145 Å². The summed E-state index contributed by atoms with van der Waals surface area (Å²) in [5.41, 5.74) is 1.03. The summed E-state index contributed by atoms with van der Waals surface area (Å²) in [7, 11) is 0. The summed E-state index contributed by atoms with van der Waals surface area (Å²) >= 11 is 0. The number of hydrogen-bond acceptors (Lipinski definition) is 6. The third-order valence-corrected chi connectivity index (χ3v) is 3.73. The van der Waals surface area contributed by atoms with Gasteiger partial charge in [-0.1, -0.05) is 12.1 Å². The summed E-state index contributed by atoms with van der Waals surface area (Å²) < 4.78 is 5.59. The Morgan fingerprint density at radius 2 is 2.12 bits per heavy atom. The lowest BCUT2D eigenvalue weighted by molar-refractivity contribution is -0.384. The van der Waals surface area contributed by atoms with Crippen molar-refractivity contribution in [2.75, 3.05) is 0 Å². The highest BCUT2D eigenvalue weighted by Crippen LogP contribution is 2.23. The second-order valence-electron chi connectivity index (χ2n) is 5.81. The number of amides is 1. The van der Waals surface area contributed by atoms with Gasteiger partial charge in [-0.25, -0.2) is 0 Å². The third kappa shape index (κ3) is 4.28. The second-order valence-corrected chi connectivity index (χ2v) is 5.81. The van der Waals surface area contributed by atoms with Gasteiger partial charge in [-0.2, -0.15) is 0 Å². The largest absolute Gasteiger partial charge is 0.419 e. The zero-order valence-corrected chi connectivity index (χ0v) is 14.6. The second kappa shape index (κ2) is 7.69. The number of carbonyl (C=O) groups is 1. The van der Waals surface area contributed by atoms with Crippen LogP contribution in [0.4, 0.5) is 5.69 Å². The number of carbonyl (C=O) groups excluding carboxylic acids is 1. The van der Waals surface area contributed by atoms with Crippen molar-refractivity contribution in [3.8, 4) is 11.5 Å². The lowest BCUT2D eigenvalue weighted by atomic mass is 10.2. The molecule has 2 aromatic rings. The lowest BCUT2D eigenvalue weighted by Crippen LogP contribution is -2.37. The minimum atomic E-state index is -0.486. The number of nitro groups is 1. The molecule has 1 heterocycles. The molecule has 0 aliphatic carbocycles. The number of rotatable bonds is 6. The highest BCUT2D eigenvalue weighted by atomic mass is 16.6. The normalized spacial score (nSPS) is 11.6. The highest BCUT2D eigenvalue weighted by Gasteiger charge is 2.21. The summed E-state index contributed by atoms with van der Waals surface area (Å²) in [5, 5.41) is 18.8. The fourth-order valence-electron chi connectivity index (χ4n) is 2.17. The zero-order chi connectivity index (χ0) is 18.6. The van der Waals surface area contributed by atoms with Crippen molar-refractivity contribution in [3.05, 3.63) is 51.9 Å². The molecule has 8 nitrogen and oxygen atoms in total. The maximum absolute atomic E-state index is 12.4. The molecule has 25 heavy (non-hydrogen) atoms. The van der Waals surface area contributed by atoms with Crippen molar-refractivity contribution in [2.24, 2.45) is 0 Å². The van der Waals surface area contributed by atoms with Gasteiger partial charge < -0.3 is 9.32 Å². The van der Waals surface area contributed by atoms with Crippen LogP contribution in [0, 0.1) is 10.1 Å². The van der Waals surface area contributed by atoms with Crippen LogP contribution in [0.25, 0.3) is 11.5 Å². The molecule has 2 rings (SSSR count). The first-order valence-corrected chi connectivity index (χ1v) is 7.84. The third-order valence-electron chi connectivity index (χ3n) is 3.73. The van der Waals surface area contributed by atoms with Gasteiger partial charge in [0.2, 0.25) is 17.7 Å². The SMILES string of the molecule is C/C=C(\C)C(=O)N(Cc1nnc(-c2cccc([N+](=O)[O-])c2)o1)C(C)C. The van der Waals surface area contributed by atoms with Crippen molar-refractivity contribution in [3.63, 3.8) is 0 Å². The smallest absolute Gasteiger partial charge is 0.270 e. The van der Waals surface area contributed by atoms with Gasteiger partial charge in [0.15, 0.2) is 0 Å². The molecule has 0 N–H and O–H groups in total. The molecule has 1 amide bonds. The molecule has 0 bridgehead atoms. The molecule has 8 heteroatoms.